The van der Waals surface area contributed by atoms with E-state index in [2.05, 4.69) is 20.5 Å². The van der Waals surface area contributed by atoms with Gasteiger partial charge in [0.05, 0.1) is 28.5 Å². The van der Waals surface area contributed by atoms with Crippen LogP contribution < -0.4 is 10.6 Å². The lowest BCUT2D eigenvalue weighted by molar-refractivity contribution is -0.133. The van der Waals surface area contributed by atoms with Crippen LogP contribution in [0, 0.1) is 5.41 Å². The molecular weight excluding hydrogens is 677 g/mol. The van der Waals surface area contributed by atoms with Gasteiger partial charge in [-0.05, 0) is 31.4 Å². The first kappa shape index (κ1) is 35.8. The van der Waals surface area contributed by atoms with Gasteiger partial charge in [-0.25, -0.2) is 14.6 Å². The molecule has 1 saturated heterocycles. The van der Waals surface area contributed by atoms with E-state index in [0.717, 1.165) is 37.2 Å². The van der Waals surface area contributed by atoms with E-state index in [0.29, 0.717) is 39.1 Å². The zero-order valence-corrected chi connectivity index (χ0v) is 29.2. The molecule has 5 rings (SSSR count). The van der Waals surface area contributed by atoms with Crippen LogP contribution in [-0.4, -0.2) is 88.0 Å². The van der Waals surface area contributed by atoms with Crippen LogP contribution in [0.5, 0.6) is 0 Å². The van der Waals surface area contributed by atoms with E-state index in [1.807, 2.05) is 5.38 Å². The van der Waals surface area contributed by atoms with Crippen molar-refractivity contribution in [2.75, 3.05) is 39.3 Å². The van der Waals surface area contributed by atoms with Gasteiger partial charge in [0.1, 0.15) is 0 Å². The summed E-state index contributed by atoms with van der Waals surface area (Å²) in [5, 5.41) is 30.0. The average Bonchev–Trinajstić information content (AvgIpc) is 3.57. The van der Waals surface area contributed by atoms with Gasteiger partial charge in [-0.3, -0.25) is 14.5 Å². The molecule has 2 fully saturated rings. The number of carbonyl (C=O) groups is 4. The van der Waals surface area contributed by atoms with Crippen molar-refractivity contribution in [2.45, 2.75) is 64.2 Å². The summed E-state index contributed by atoms with van der Waals surface area (Å²) < 4.78 is 0. The Bertz CT molecular complexity index is 1580. The van der Waals surface area contributed by atoms with Gasteiger partial charge in [0.2, 0.25) is 11.8 Å². The quantitative estimate of drug-likeness (QED) is 0.236. The Balaban J connectivity index is 1.38. The van der Waals surface area contributed by atoms with Crippen LogP contribution in [0.3, 0.4) is 0 Å². The molecule has 1 aliphatic carbocycles. The number of amides is 2. The highest BCUT2D eigenvalue weighted by molar-refractivity contribution is 7.09. The van der Waals surface area contributed by atoms with Crippen LogP contribution in [0.1, 0.15) is 68.4 Å². The maximum atomic E-state index is 13.8. The number of hydrogen-bond acceptors (Lipinski definition) is 8. The molecule has 2 amide bonds. The minimum Gasteiger partial charge on any atom is -0.478 e. The molecule has 0 radical (unpaired) electrons. The van der Waals surface area contributed by atoms with Crippen molar-refractivity contribution in [2.24, 2.45) is 5.41 Å². The predicted octanol–water partition coefficient (Wildman–Crippen LogP) is 5.07. The number of aromatic nitrogens is 1. The SMILES string of the molecule is CC(=O)NCC1(CN2CCN(C(=O)CC3=C(C(=O)O)C(c4c(Cl)cccc4Cl)C(C(=O)O)=C(CCc4nccs4)N3)CC2)CCCCC1. The van der Waals surface area contributed by atoms with Crippen molar-refractivity contribution >= 4 is 58.3 Å². The van der Waals surface area contributed by atoms with Crippen LogP contribution in [0.25, 0.3) is 0 Å². The van der Waals surface area contributed by atoms with E-state index in [4.69, 9.17) is 23.2 Å². The number of hydrogen-bond donors (Lipinski definition) is 4. The minimum atomic E-state index is -1.37. The Hall–Kier alpha value is -3.45. The maximum Gasteiger partial charge on any atom is 0.334 e. The molecule has 2 aromatic rings. The molecule has 4 N–H and O–H groups in total. The molecular formula is C34H41Cl2N5O6S. The number of allylic oxidation sites excluding steroid dienone is 1. The van der Waals surface area contributed by atoms with Gasteiger partial charge in [-0.1, -0.05) is 48.5 Å². The number of nitrogens with zero attached hydrogens (tertiary/aromatic N) is 3. The molecule has 1 aromatic heterocycles. The summed E-state index contributed by atoms with van der Waals surface area (Å²) in [5.41, 5.74) is 0.129. The standard InChI is InChI=1S/C34H41Cl2N5O6S/c1-21(42)38-19-34(10-3-2-4-11-34)20-40-13-15-41(16-14-40)27(43)18-25-30(33(46)47)31(28-22(35)6-5-7-23(28)36)29(32(44)45)24(39-25)8-9-26-37-12-17-48-26/h5-7,12,17,31,39H,2-4,8-11,13-16,18-20H2,1H3,(H,38,42)(H,44,45)(H,46,47). The molecule has 0 spiro atoms. The molecule has 48 heavy (non-hydrogen) atoms. The van der Waals surface area contributed by atoms with E-state index in [9.17, 15) is 29.4 Å². The third-order valence-corrected chi connectivity index (χ3v) is 11.1. The third-order valence-electron chi connectivity index (χ3n) is 9.59. The van der Waals surface area contributed by atoms with Crippen LogP contribution in [0.2, 0.25) is 10.0 Å². The zero-order chi connectivity index (χ0) is 34.4. The van der Waals surface area contributed by atoms with Gasteiger partial charge in [-0.2, -0.15) is 0 Å². The lowest BCUT2D eigenvalue weighted by atomic mass is 9.73. The van der Waals surface area contributed by atoms with Gasteiger partial charge in [0.25, 0.3) is 0 Å². The van der Waals surface area contributed by atoms with Crippen molar-refractivity contribution in [1.29, 1.82) is 0 Å². The normalized spacial score (nSPS) is 20.0. The Morgan fingerprint density at radius 1 is 0.979 bits per heavy atom. The van der Waals surface area contributed by atoms with Gasteiger partial charge in [-0.15, -0.1) is 11.3 Å². The largest absolute Gasteiger partial charge is 0.478 e. The predicted molar refractivity (Wildman–Crippen MR) is 184 cm³/mol. The number of rotatable bonds is 12. The van der Waals surface area contributed by atoms with E-state index < -0.39 is 17.9 Å². The van der Waals surface area contributed by atoms with Crippen LogP contribution in [0.4, 0.5) is 0 Å². The van der Waals surface area contributed by atoms with Gasteiger partial charge in [0.15, 0.2) is 0 Å². The highest BCUT2D eigenvalue weighted by Gasteiger charge is 2.41. The highest BCUT2D eigenvalue weighted by Crippen LogP contribution is 2.45. The topological polar surface area (TPSA) is 152 Å². The molecule has 3 heterocycles. The van der Waals surface area contributed by atoms with Crippen molar-refractivity contribution < 1.29 is 29.4 Å². The maximum absolute atomic E-state index is 13.8. The Morgan fingerprint density at radius 3 is 2.21 bits per heavy atom. The summed E-state index contributed by atoms with van der Waals surface area (Å²) in [6.45, 7) is 5.29. The molecule has 11 nitrogen and oxygen atoms in total. The molecule has 0 bridgehead atoms. The number of carboxylic acids is 2. The molecule has 1 saturated carbocycles. The van der Waals surface area contributed by atoms with Crippen LogP contribution >= 0.6 is 34.5 Å². The van der Waals surface area contributed by atoms with E-state index in [1.54, 1.807) is 24.1 Å². The molecule has 258 valence electrons. The number of aliphatic carboxylic acids is 2. The number of benzene rings is 1. The number of carboxylic acid groups (broad SMARTS) is 2. The van der Waals surface area contributed by atoms with Crippen molar-refractivity contribution in [3.63, 3.8) is 0 Å². The first-order chi connectivity index (χ1) is 23.0. The Morgan fingerprint density at radius 2 is 1.62 bits per heavy atom. The van der Waals surface area contributed by atoms with Crippen LogP contribution in [-0.2, 0) is 25.6 Å². The summed E-state index contributed by atoms with van der Waals surface area (Å²) in [4.78, 5) is 59.7. The van der Waals surface area contributed by atoms with Crippen molar-refractivity contribution in [3.8, 4) is 0 Å². The molecule has 1 atom stereocenters. The molecule has 1 unspecified atom stereocenters. The number of thiazole rings is 1. The number of dihydropyridines is 1. The van der Waals surface area contributed by atoms with E-state index in [-0.39, 0.29) is 68.2 Å². The first-order valence-electron chi connectivity index (χ1n) is 16.2. The average molecular weight is 719 g/mol. The number of nitrogens with one attached hydrogen (secondary N) is 2. The first-order valence-corrected chi connectivity index (χ1v) is 17.9. The lowest BCUT2D eigenvalue weighted by Gasteiger charge is -2.44. The second kappa shape index (κ2) is 15.8. The van der Waals surface area contributed by atoms with Crippen LogP contribution in [0.15, 0.2) is 52.3 Å². The number of aryl methyl sites for hydroxylation is 1. The second-order valence-corrected chi connectivity index (χ2v) is 14.6. The fraction of sp³-hybridized carbons (Fsp3) is 0.500. The summed E-state index contributed by atoms with van der Waals surface area (Å²) in [7, 11) is 0. The van der Waals surface area contributed by atoms with E-state index in [1.165, 1.54) is 29.9 Å². The molecule has 14 heteroatoms. The fourth-order valence-corrected chi connectivity index (χ4v) is 8.47. The monoisotopic (exact) mass is 717 g/mol. The lowest BCUT2D eigenvalue weighted by Crippen LogP contribution is -2.53. The Kier molecular flexibility index (Phi) is 11.8. The third kappa shape index (κ3) is 8.39. The summed E-state index contributed by atoms with van der Waals surface area (Å²) in [6, 6.07) is 4.68. The highest BCUT2D eigenvalue weighted by atomic mass is 35.5. The number of carbonyl (C=O) groups excluding carboxylic acids is 2. The molecule has 2 aliphatic heterocycles. The minimum absolute atomic E-state index is 0.0154. The number of halogens is 2. The second-order valence-electron chi connectivity index (χ2n) is 12.8. The van der Waals surface area contributed by atoms with Gasteiger partial charge >= 0.3 is 11.9 Å². The summed E-state index contributed by atoms with van der Waals surface area (Å²) in [5.74, 6) is -4.29. The zero-order valence-electron chi connectivity index (χ0n) is 26.9. The van der Waals surface area contributed by atoms with Gasteiger partial charge in [0, 0.05) is 96.6 Å². The smallest absolute Gasteiger partial charge is 0.334 e. The van der Waals surface area contributed by atoms with Gasteiger partial charge < -0.3 is 25.7 Å². The summed E-state index contributed by atoms with van der Waals surface area (Å²) in [6.07, 6.45) is 7.61. The molecule has 3 aliphatic rings. The Labute approximate surface area is 294 Å². The van der Waals surface area contributed by atoms with Crippen molar-refractivity contribution in [1.82, 2.24) is 25.4 Å². The van der Waals surface area contributed by atoms with E-state index >= 15 is 0 Å². The molecule has 1 aromatic carbocycles. The fourth-order valence-electron chi connectivity index (χ4n) is 7.23. The van der Waals surface area contributed by atoms with Crippen molar-refractivity contribution in [3.05, 3.63) is 72.9 Å². The summed E-state index contributed by atoms with van der Waals surface area (Å²) >= 11 is 14.6. The number of piperazine rings is 1.